The van der Waals surface area contributed by atoms with E-state index in [1.54, 1.807) is 30.5 Å². The number of unbranched alkanes of at least 4 members (excludes halogenated alkanes) is 1. The quantitative estimate of drug-likeness (QED) is 0.399. The molecule has 0 spiro atoms. The molecule has 5 nitrogen and oxygen atoms in total. The zero-order chi connectivity index (χ0) is 18.5. The van der Waals surface area contributed by atoms with Crippen LogP contribution in [0.4, 0.5) is 0 Å². The molecule has 0 radical (unpaired) electrons. The van der Waals surface area contributed by atoms with Crippen LogP contribution in [0.2, 0.25) is 0 Å². The van der Waals surface area contributed by atoms with Crippen molar-refractivity contribution >= 4 is 33.3 Å². The number of hydrogen-bond donors (Lipinski definition) is 0. The number of benzene rings is 1. The second kappa shape index (κ2) is 8.56. The number of carbonyl (C=O) groups is 1. The van der Waals surface area contributed by atoms with Crippen LogP contribution in [0, 0.1) is 0 Å². The van der Waals surface area contributed by atoms with E-state index in [4.69, 9.17) is 11.6 Å². The summed E-state index contributed by atoms with van der Waals surface area (Å²) in [6.07, 6.45) is 4.41. The molecule has 0 atom stereocenters. The fraction of sp³-hybridized carbons (Fsp3) is 0.263. The second-order valence-electron chi connectivity index (χ2n) is 5.81. The molecule has 0 aliphatic rings. The first-order chi connectivity index (χ1) is 12.7. The Morgan fingerprint density at radius 3 is 2.69 bits per heavy atom. The van der Waals surface area contributed by atoms with Crippen molar-refractivity contribution in [2.45, 2.75) is 32.1 Å². The third-order valence-corrected chi connectivity index (χ3v) is 4.74. The molecule has 0 unspecified atom stereocenters. The molecule has 2 aromatic heterocycles. The lowest BCUT2D eigenvalue weighted by molar-refractivity contribution is 0.103. The average molecular weight is 434 g/mol. The van der Waals surface area contributed by atoms with Crippen LogP contribution in [0.1, 0.15) is 47.5 Å². The van der Waals surface area contributed by atoms with E-state index in [0.29, 0.717) is 17.1 Å². The van der Waals surface area contributed by atoms with Crippen LogP contribution in [0.3, 0.4) is 0 Å². The summed E-state index contributed by atoms with van der Waals surface area (Å²) in [5.74, 6) is 1.49. The summed E-state index contributed by atoms with van der Waals surface area (Å²) in [6, 6.07) is 10.9. The lowest BCUT2D eigenvalue weighted by Gasteiger charge is -2.14. The Kier molecular flexibility index (Phi) is 6.16. The fourth-order valence-corrected chi connectivity index (χ4v) is 3.27. The molecule has 134 valence electrons. The zero-order valence-corrected chi connectivity index (χ0v) is 16.7. The topological polar surface area (TPSA) is 60.7 Å². The van der Waals surface area contributed by atoms with Crippen LogP contribution in [-0.2, 0) is 12.3 Å². The number of alkyl halides is 1. The summed E-state index contributed by atoms with van der Waals surface area (Å²) in [7, 11) is 0. The highest BCUT2D eigenvalue weighted by Gasteiger charge is 2.21. The smallest absolute Gasteiger partial charge is 0.213 e. The summed E-state index contributed by atoms with van der Waals surface area (Å²) >= 11 is 9.54. The largest absolute Gasteiger partial charge is 0.287 e. The van der Waals surface area contributed by atoms with E-state index in [1.165, 1.54) is 0 Å². The Bertz CT molecular complexity index is 911. The van der Waals surface area contributed by atoms with Gasteiger partial charge < -0.3 is 0 Å². The first kappa shape index (κ1) is 18.7. The van der Waals surface area contributed by atoms with Crippen molar-refractivity contribution in [2.75, 3.05) is 0 Å². The second-order valence-corrected chi connectivity index (χ2v) is 6.99. The average Bonchev–Trinajstić information content (AvgIpc) is 3.09. The monoisotopic (exact) mass is 432 g/mol. The number of carbonyl (C=O) groups excluding carboxylic acids is 1. The standard InChI is InChI=1S/C19H18BrClN4O/c1-2-3-7-17-23-24-18(12-21)25(17)16-9-8-13(20)11-14(16)19(26)15-6-4-5-10-22-15/h4-6,8-11H,2-3,7,12H2,1H3. The maximum atomic E-state index is 13.1. The highest BCUT2D eigenvalue weighted by atomic mass is 79.9. The van der Waals surface area contributed by atoms with E-state index < -0.39 is 0 Å². The summed E-state index contributed by atoms with van der Waals surface area (Å²) in [4.78, 5) is 17.3. The number of aromatic nitrogens is 4. The van der Waals surface area contributed by atoms with E-state index in [2.05, 4.69) is 38.0 Å². The van der Waals surface area contributed by atoms with E-state index in [1.807, 2.05) is 16.7 Å². The molecule has 0 aliphatic carbocycles. The van der Waals surface area contributed by atoms with Gasteiger partial charge in [-0.05, 0) is 36.8 Å². The van der Waals surface area contributed by atoms with Crippen molar-refractivity contribution < 1.29 is 4.79 Å². The number of hydrogen-bond acceptors (Lipinski definition) is 4. The van der Waals surface area contributed by atoms with Crippen molar-refractivity contribution in [3.8, 4) is 5.69 Å². The van der Waals surface area contributed by atoms with E-state index >= 15 is 0 Å². The lowest BCUT2D eigenvalue weighted by Crippen LogP contribution is -2.12. The first-order valence-electron chi connectivity index (χ1n) is 8.40. The summed E-state index contributed by atoms with van der Waals surface area (Å²) in [6.45, 7) is 2.12. The lowest BCUT2D eigenvalue weighted by atomic mass is 10.0. The van der Waals surface area contributed by atoms with Crippen molar-refractivity contribution in [2.24, 2.45) is 0 Å². The van der Waals surface area contributed by atoms with Gasteiger partial charge in [0.05, 0.1) is 11.6 Å². The minimum atomic E-state index is -0.155. The van der Waals surface area contributed by atoms with Gasteiger partial charge in [0.2, 0.25) is 5.78 Å². The van der Waals surface area contributed by atoms with Crippen LogP contribution >= 0.6 is 27.5 Å². The van der Waals surface area contributed by atoms with Gasteiger partial charge >= 0.3 is 0 Å². The van der Waals surface area contributed by atoms with Crippen LogP contribution in [0.15, 0.2) is 47.1 Å². The molecule has 3 rings (SSSR count). The Morgan fingerprint density at radius 2 is 2.00 bits per heavy atom. The van der Waals surface area contributed by atoms with E-state index in [-0.39, 0.29) is 11.7 Å². The van der Waals surface area contributed by atoms with E-state index in [9.17, 15) is 4.79 Å². The number of ketones is 1. The molecule has 0 saturated heterocycles. The summed E-state index contributed by atoms with van der Waals surface area (Å²) in [5.41, 5.74) is 1.64. The molecule has 0 N–H and O–H groups in total. The fourth-order valence-electron chi connectivity index (χ4n) is 2.74. The van der Waals surface area contributed by atoms with Crippen LogP contribution in [0.25, 0.3) is 5.69 Å². The molecular weight excluding hydrogens is 416 g/mol. The minimum Gasteiger partial charge on any atom is -0.287 e. The van der Waals surface area contributed by atoms with Gasteiger partial charge in [-0.25, -0.2) is 0 Å². The predicted molar refractivity (Wildman–Crippen MR) is 105 cm³/mol. The first-order valence-corrected chi connectivity index (χ1v) is 9.73. The number of halogens is 2. The Hall–Kier alpha value is -2.05. The summed E-state index contributed by atoms with van der Waals surface area (Å²) in [5, 5.41) is 8.49. The maximum absolute atomic E-state index is 13.1. The third-order valence-electron chi connectivity index (χ3n) is 4.01. The predicted octanol–water partition coefficient (Wildman–Crippen LogP) is 4.74. The molecule has 0 fully saturated rings. The van der Waals surface area contributed by atoms with Crippen LogP contribution in [-0.4, -0.2) is 25.5 Å². The van der Waals surface area contributed by atoms with Gasteiger partial charge in [0.1, 0.15) is 11.5 Å². The Morgan fingerprint density at radius 1 is 1.19 bits per heavy atom. The van der Waals surface area contributed by atoms with Crippen LogP contribution in [0.5, 0.6) is 0 Å². The maximum Gasteiger partial charge on any atom is 0.213 e. The molecule has 2 heterocycles. The molecular formula is C19H18BrClN4O. The molecule has 0 aliphatic heterocycles. The van der Waals surface area contributed by atoms with Crippen molar-refractivity contribution in [3.63, 3.8) is 0 Å². The van der Waals surface area contributed by atoms with Gasteiger partial charge in [0.15, 0.2) is 5.82 Å². The Labute approximate surface area is 165 Å². The van der Waals surface area contributed by atoms with Gasteiger partial charge in [-0.3, -0.25) is 14.3 Å². The SMILES string of the molecule is CCCCc1nnc(CCl)n1-c1ccc(Br)cc1C(=O)c1ccccn1. The van der Waals surface area contributed by atoms with Crippen molar-refractivity contribution in [1.29, 1.82) is 0 Å². The third kappa shape index (κ3) is 3.86. The molecule has 7 heteroatoms. The molecule has 0 bridgehead atoms. The zero-order valence-electron chi connectivity index (χ0n) is 14.3. The highest BCUT2D eigenvalue weighted by Crippen LogP contribution is 2.25. The number of nitrogens with zero attached hydrogens (tertiary/aromatic N) is 4. The van der Waals surface area contributed by atoms with Crippen LogP contribution < -0.4 is 0 Å². The number of aryl methyl sites for hydroxylation is 1. The van der Waals surface area contributed by atoms with Gasteiger partial charge in [-0.2, -0.15) is 0 Å². The Balaban J connectivity index is 2.15. The summed E-state index contributed by atoms with van der Waals surface area (Å²) < 4.78 is 2.71. The molecule has 0 saturated carbocycles. The highest BCUT2D eigenvalue weighted by molar-refractivity contribution is 9.10. The van der Waals surface area contributed by atoms with E-state index in [0.717, 1.165) is 35.2 Å². The molecule has 26 heavy (non-hydrogen) atoms. The minimum absolute atomic E-state index is 0.155. The molecule has 1 aromatic carbocycles. The molecule has 3 aromatic rings. The normalized spacial score (nSPS) is 10.9. The van der Waals surface area contributed by atoms with Gasteiger partial charge in [0, 0.05) is 22.7 Å². The molecule has 0 amide bonds. The number of rotatable bonds is 7. The van der Waals surface area contributed by atoms with Gasteiger partial charge in [-0.15, -0.1) is 21.8 Å². The van der Waals surface area contributed by atoms with Gasteiger partial charge in [0.25, 0.3) is 0 Å². The van der Waals surface area contributed by atoms with Crippen molar-refractivity contribution in [1.82, 2.24) is 19.7 Å². The van der Waals surface area contributed by atoms with Gasteiger partial charge in [-0.1, -0.05) is 35.3 Å². The number of pyridine rings is 1. The van der Waals surface area contributed by atoms with Crippen molar-refractivity contribution in [3.05, 3.63) is 70.0 Å².